The standard InChI is InChI=1S/C13H9I2N3O2/c14-10-4-8(5-11(15)12(10)19)6-17-18-13(20)9-2-1-3-16-7-9/h1-7,19H,(H,18,20)/b17-6+. The van der Waals surface area contributed by atoms with Crippen LogP contribution >= 0.6 is 45.2 Å². The molecule has 2 N–H and O–H groups in total. The zero-order valence-electron chi connectivity index (χ0n) is 10.0. The zero-order valence-corrected chi connectivity index (χ0v) is 14.4. The summed E-state index contributed by atoms with van der Waals surface area (Å²) in [6.45, 7) is 0. The van der Waals surface area contributed by atoms with Gasteiger partial charge in [-0.2, -0.15) is 5.10 Å². The van der Waals surface area contributed by atoms with E-state index < -0.39 is 0 Å². The number of nitrogens with one attached hydrogen (secondary N) is 1. The van der Waals surface area contributed by atoms with E-state index in [0.29, 0.717) is 5.56 Å². The van der Waals surface area contributed by atoms with Crippen LogP contribution in [0.5, 0.6) is 5.75 Å². The monoisotopic (exact) mass is 493 g/mol. The molecule has 0 radical (unpaired) electrons. The van der Waals surface area contributed by atoms with Crippen molar-refractivity contribution in [3.8, 4) is 5.75 Å². The number of phenols is 1. The third-order valence-electron chi connectivity index (χ3n) is 2.34. The predicted octanol–water partition coefficient (Wildman–Crippen LogP) is 2.76. The van der Waals surface area contributed by atoms with Crippen LogP contribution in [-0.4, -0.2) is 22.2 Å². The van der Waals surface area contributed by atoms with Gasteiger partial charge in [-0.25, -0.2) is 5.43 Å². The number of aromatic hydroxyl groups is 1. The van der Waals surface area contributed by atoms with Crippen molar-refractivity contribution in [2.45, 2.75) is 0 Å². The fourth-order valence-electron chi connectivity index (χ4n) is 1.39. The second-order valence-electron chi connectivity index (χ2n) is 3.77. The largest absolute Gasteiger partial charge is 0.506 e. The summed E-state index contributed by atoms with van der Waals surface area (Å²) in [7, 11) is 0. The topological polar surface area (TPSA) is 74.6 Å². The van der Waals surface area contributed by atoms with E-state index in [2.05, 4.69) is 15.5 Å². The molecule has 1 aromatic carbocycles. The Bertz CT molecular complexity index is 637. The summed E-state index contributed by atoms with van der Waals surface area (Å²) in [5.41, 5.74) is 3.66. The van der Waals surface area contributed by atoms with Gasteiger partial charge in [-0.15, -0.1) is 0 Å². The zero-order chi connectivity index (χ0) is 14.5. The molecular weight excluding hydrogens is 484 g/mol. The first-order chi connectivity index (χ1) is 9.58. The molecule has 0 spiro atoms. The molecule has 1 heterocycles. The fraction of sp³-hybridized carbons (Fsp3) is 0. The van der Waals surface area contributed by atoms with Crippen LogP contribution in [0, 0.1) is 7.14 Å². The molecule has 0 aliphatic heterocycles. The number of aromatic nitrogens is 1. The van der Waals surface area contributed by atoms with Crippen molar-refractivity contribution in [1.82, 2.24) is 10.4 Å². The minimum absolute atomic E-state index is 0.253. The molecule has 2 rings (SSSR count). The molecule has 2 aromatic rings. The van der Waals surface area contributed by atoms with Crippen molar-refractivity contribution in [1.29, 1.82) is 0 Å². The Labute approximate surface area is 142 Å². The Balaban J connectivity index is 2.06. The molecule has 0 atom stereocenters. The van der Waals surface area contributed by atoms with Gasteiger partial charge < -0.3 is 5.11 Å². The lowest BCUT2D eigenvalue weighted by Gasteiger charge is -2.02. The number of hydrogen-bond donors (Lipinski definition) is 2. The summed E-state index contributed by atoms with van der Waals surface area (Å²) < 4.78 is 1.46. The Morgan fingerprint density at radius 2 is 2.05 bits per heavy atom. The maximum Gasteiger partial charge on any atom is 0.272 e. The van der Waals surface area contributed by atoms with Crippen LogP contribution in [0.25, 0.3) is 0 Å². The second-order valence-corrected chi connectivity index (χ2v) is 6.10. The van der Waals surface area contributed by atoms with Gasteiger partial charge in [0.05, 0.1) is 18.9 Å². The summed E-state index contributed by atoms with van der Waals surface area (Å²) in [6, 6.07) is 6.89. The summed E-state index contributed by atoms with van der Waals surface area (Å²) in [5, 5.41) is 13.5. The Hall–Kier alpha value is -1.23. The number of hydrazone groups is 1. The molecule has 0 aliphatic rings. The number of hydrogen-bond acceptors (Lipinski definition) is 4. The number of rotatable bonds is 3. The lowest BCUT2D eigenvalue weighted by molar-refractivity contribution is 0.0955. The van der Waals surface area contributed by atoms with E-state index in [1.807, 2.05) is 45.2 Å². The van der Waals surface area contributed by atoms with Crippen molar-refractivity contribution in [3.63, 3.8) is 0 Å². The Morgan fingerprint density at radius 3 is 2.65 bits per heavy atom. The smallest absolute Gasteiger partial charge is 0.272 e. The molecule has 1 aromatic heterocycles. The number of carbonyl (C=O) groups excluding carboxylic acids is 1. The third-order valence-corrected chi connectivity index (χ3v) is 3.99. The number of pyridine rings is 1. The quantitative estimate of drug-likeness (QED) is 0.393. The highest BCUT2D eigenvalue weighted by atomic mass is 127. The first-order valence-electron chi connectivity index (χ1n) is 5.49. The van der Waals surface area contributed by atoms with Gasteiger partial charge in [0.25, 0.3) is 5.91 Å². The van der Waals surface area contributed by atoms with Crippen molar-refractivity contribution in [2.75, 3.05) is 0 Å². The molecule has 0 saturated carbocycles. The lowest BCUT2D eigenvalue weighted by Crippen LogP contribution is -2.17. The number of halogens is 2. The Kier molecular flexibility index (Phi) is 5.29. The van der Waals surface area contributed by atoms with Crippen LogP contribution in [-0.2, 0) is 0 Å². The van der Waals surface area contributed by atoms with Crippen molar-refractivity contribution >= 4 is 57.3 Å². The molecule has 0 unspecified atom stereocenters. The van der Waals surface area contributed by atoms with Crippen molar-refractivity contribution in [2.24, 2.45) is 5.10 Å². The summed E-state index contributed by atoms with van der Waals surface area (Å²) in [5.74, 6) is -0.0692. The molecule has 20 heavy (non-hydrogen) atoms. The first kappa shape index (κ1) is 15.2. The molecule has 102 valence electrons. The van der Waals surface area contributed by atoms with Gasteiger partial charge in [-0.1, -0.05) is 0 Å². The van der Waals surface area contributed by atoms with Gasteiger partial charge in [0.2, 0.25) is 0 Å². The number of benzene rings is 1. The van der Waals surface area contributed by atoms with Crippen LogP contribution in [0.1, 0.15) is 15.9 Å². The highest BCUT2D eigenvalue weighted by Gasteiger charge is 2.05. The molecule has 0 fully saturated rings. The summed E-state index contributed by atoms with van der Waals surface area (Å²) in [6.07, 6.45) is 4.59. The number of amides is 1. The van der Waals surface area contributed by atoms with E-state index in [1.54, 1.807) is 30.5 Å². The van der Waals surface area contributed by atoms with E-state index in [-0.39, 0.29) is 11.7 Å². The molecule has 0 aliphatic carbocycles. The first-order valence-corrected chi connectivity index (χ1v) is 7.65. The van der Waals surface area contributed by atoms with Gasteiger partial charge in [0, 0.05) is 12.4 Å². The van der Waals surface area contributed by atoms with Crippen molar-refractivity contribution < 1.29 is 9.90 Å². The highest BCUT2D eigenvalue weighted by Crippen LogP contribution is 2.26. The van der Waals surface area contributed by atoms with Gasteiger partial charge in [0.1, 0.15) is 5.75 Å². The number of carbonyl (C=O) groups is 1. The molecule has 0 saturated heterocycles. The van der Waals surface area contributed by atoms with Crippen LogP contribution in [0.15, 0.2) is 41.8 Å². The molecule has 5 nitrogen and oxygen atoms in total. The number of phenolic OH excluding ortho intramolecular Hbond substituents is 1. The highest BCUT2D eigenvalue weighted by molar-refractivity contribution is 14.1. The van der Waals surface area contributed by atoms with E-state index >= 15 is 0 Å². The second kappa shape index (κ2) is 6.97. The lowest BCUT2D eigenvalue weighted by atomic mass is 10.2. The van der Waals surface area contributed by atoms with Gasteiger partial charge in [-0.3, -0.25) is 9.78 Å². The Morgan fingerprint density at radius 1 is 1.35 bits per heavy atom. The van der Waals surface area contributed by atoms with Crippen molar-refractivity contribution in [3.05, 3.63) is 54.9 Å². The fourth-order valence-corrected chi connectivity index (χ4v) is 3.20. The minimum atomic E-state index is -0.322. The van der Waals surface area contributed by atoms with Gasteiger partial charge in [-0.05, 0) is 75.0 Å². The van der Waals surface area contributed by atoms with Crippen LogP contribution in [0.2, 0.25) is 0 Å². The van der Waals surface area contributed by atoms with E-state index in [1.165, 1.54) is 12.4 Å². The van der Waals surface area contributed by atoms with E-state index in [0.717, 1.165) is 12.7 Å². The van der Waals surface area contributed by atoms with Crippen LogP contribution < -0.4 is 5.43 Å². The average Bonchev–Trinajstić information content (AvgIpc) is 2.45. The predicted molar refractivity (Wildman–Crippen MR) is 92.8 cm³/mol. The normalized spacial score (nSPS) is 10.7. The molecule has 0 bridgehead atoms. The number of nitrogens with zero attached hydrogens (tertiary/aromatic N) is 2. The maximum atomic E-state index is 11.7. The summed E-state index contributed by atoms with van der Waals surface area (Å²) in [4.78, 5) is 15.6. The van der Waals surface area contributed by atoms with Crippen LogP contribution in [0.4, 0.5) is 0 Å². The molecule has 7 heteroatoms. The minimum Gasteiger partial charge on any atom is -0.506 e. The molecular formula is C13H9I2N3O2. The third kappa shape index (κ3) is 3.88. The summed E-state index contributed by atoms with van der Waals surface area (Å²) >= 11 is 4.08. The molecule has 1 amide bonds. The van der Waals surface area contributed by atoms with Crippen LogP contribution in [0.3, 0.4) is 0 Å². The van der Waals surface area contributed by atoms with E-state index in [4.69, 9.17) is 0 Å². The average molecular weight is 493 g/mol. The SMILES string of the molecule is O=C(N/N=C/c1cc(I)c(O)c(I)c1)c1cccnc1. The van der Waals surface area contributed by atoms with E-state index in [9.17, 15) is 9.90 Å². The van der Waals surface area contributed by atoms with Gasteiger partial charge >= 0.3 is 0 Å². The maximum absolute atomic E-state index is 11.7. The van der Waals surface area contributed by atoms with Gasteiger partial charge in [0.15, 0.2) is 0 Å².